The Morgan fingerprint density at radius 2 is 2.00 bits per heavy atom. The quantitative estimate of drug-likeness (QED) is 0.671. The Kier molecular flexibility index (Phi) is 6.60. The molecule has 0 fully saturated rings. The smallest absolute Gasteiger partial charge is 0.309 e. The minimum atomic E-state index is -0.732. The van der Waals surface area contributed by atoms with Gasteiger partial charge >= 0.3 is 5.97 Å². The van der Waals surface area contributed by atoms with Crippen LogP contribution in [0, 0.1) is 5.92 Å². The molecular formula is C12H25NO3. The Morgan fingerprint density at radius 3 is 2.38 bits per heavy atom. The molecule has 1 unspecified atom stereocenters. The van der Waals surface area contributed by atoms with Crippen molar-refractivity contribution in [3.05, 3.63) is 0 Å². The maximum absolute atomic E-state index is 11.4. The van der Waals surface area contributed by atoms with E-state index in [4.69, 9.17) is 4.74 Å². The van der Waals surface area contributed by atoms with Crippen molar-refractivity contribution in [1.29, 1.82) is 0 Å². The van der Waals surface area contributed by atoms with Gasteiger partial charge in [-0.1, -0.05) is 13.8 Å². The summed E-state index contributed by atoms with van der Waals surface area (Å²) in [6.45, 7) is 11.6. The third kappa shape index (κ3) is 6.80. The molecule has 4 nitrogen and oxygen atoms in total. The zero-order valence-electron chi connectivity index (χ0n) is 11.1. The molecule has 0 saturated carbocycles. The van der Waals surface area contributed by atoms with Crippen molar-refractivity contribution < 1.29 is 14.6 Å². The molecule has 0 aliphatic carbocycles. The van der Waals surface area contributed by atoms with E-state index in [0.717, 1.165) is 6.54 Å². The number of hydrogen-bond donors (Lipinski definition) is 1. The third-order valence-corrected chi connectivity index (χ3v) is 2.28. The lowest BCUT2D eigenvalue weighted by atomic mass is 10.1. The highest BCUT2D eigenvalue weighted by molar-refractivity contribution is 5.72. The van der Waals surface area contributed by atoms with E-state index in [2.05, 4.69) is 4.90 Å². The number of rotatable bonds is 7. The molecule has 0 amide bonds. The van der Waals surface area contributed by atoms with Crippen LogP contribution in [-0.4, -0.2) is 47.8 Å². The topological polar surface area (TPSA) is 49.8 Å². The second-order valence-corrected chi connectivity index (χ2v) is 4.79. The van der Waals surface area contributed by atoms with E-state index in [1.165, 1.54) is 0 Å². The van der Waals surface area contributed by atoms with Crippen LogP contribution in [0.2, 0.25) is 0 Å². The van der Waals surface area contributed by atoms with E-state index in [-0.39, 0.29) is 11.9 Å². The van der Waals surface area contributed by atoms with E-state index >= 15 is 0 Å². The Balaban J connectivity index is 4.16. The zero-order valence-corrected chi connectivity index (χ0v) is 11.1. The van der Waals surface area contributed by atoms with Crippen LogP contribution in [0.4, 0.5) is 0 Å². The first kappa shape index (κ1) is 15.4. The summed E-state index contributed by atoms with van der Waals surface area (Å²) in [4.78, 5) is 13.5. The molecule has 0 aliphatic rings. The predicted molar refractivity (Wildman–Crippen MR) is 64.2 cm³/mol. The second kappa shape index (κ2) is 6.86. The Hall–Kier alpha value is -0.610. The minimum absolute atomic E-state index is 0.151. The molecule has 0 aromatic carbocycles. The largest absolute Gasteiger partial charge is 0.466 e. The summed E-state index contributed by atoms with van der Waals surface area (Å²) in [7, 11) is 0. The highest BCUT2D eigenvalue weighted by Crippen LogP contribution is 2.08. The van der Waals surface area contributed by atoms with Crippen LogP contribution in [0.15, 0.2) is 0 Å². The maximum atomic E-state index is 11.4. The molecule has 0 bridgehead atoms. The lowest BCUT2D eigenvalue weighted by molar-refractivity contribution is -0.148. The Morgan fingerprint density at radius 1 is 1.44 bits per heavy atom. The first-order valence-corrected chi connectivity index (χ1v) is 5.91. The van der Waals surface area contributed by atoms with Crippen molar-refractivity contribution in [2.45, 2.75) is 40.2 Å². The van der Waals surface area contributed by atoms with Crippen LogP contribution in [0.1, 0.15) is 34.6 Å². The van der Waals surface area contributed by atoms with Gasteiger partial charge in [0.25, 0.3) is 0 Å². The van der Waals surface area contributed by atoms with E-state index in [0.29, 0.717) is 19.7 Å². The fraction of sp³-hybridized carbons (Fsp3) is 0.917. The Labute approximate surface area is 98.6 Å². The number of nitrogens with zero attached hydrogens (tertiary/aromatic N) is 1. The summed E-state index contributed by atoms with van der Waals surface area (Å²) in [6, 6.07) is 0. The van der Waals surface area contributed by atoms with Crippen molar-refractivity contribution in [3.63, 3.8) is 0 Å². The van der Waals surface area contributed by atoms with Gasteiger partial charge in [0.05, 0.1) is 18.1 Å². The first-order chi connectivity index (χ1) is 7.30. The van der Waals surface area contributed by atoms with Gasteiger partial charge in [-0.3, -0.25) is 9.69 Å². The van der Waals surface area contributed by atoms with Gasteiger partial charge < -0.3 is 9.84 Å². The van der Waals surface area contributed by atoms with Crippen LogP contribution in [-0.2, 0) is 9.53 Å². The molecule has 0 spiro atoms. The molecule has 1 atom stereocenters. The van der Waals surface area contributed by atoms with Crippen LogP contribution in [0.5, 0.6) is 0 Å². The molecule has 4 heteroatoms. The number of carbonyl (C=O) groups is 1. The van der Waals surface area contributed by atoms with Crippen LogP contribution in [0.25, 0.3) is 0 Å². The van der Waals surface area contributed by atoms with Gasteiger partial charge in [-0.2, -0.15) is 0 Å². The van der Waals surface area contributed by atoms with E-state index < -0.39 is 5.60 Å². The van der Waals surface area contributed by atoms with Crippen LogP contribution >= 0.6 is 0 Å². The van der Waals surface area contributed by atoms with Crippen molar-refractivity contribution in [3.8, 4) is 0 Å². The number of hydrogen-bond acceptors (Lipinski definition) is 4. The van der Waals surface area contributed by atoms with Gasteiger partial charge in [0.15, 0.2) is 0 Å². The van der Waals surface area contributed by atoms with Crippen molar-refractivity contribution in [2.24, 2.45) is 5.92 Å². The predicted octanol–water partition coefficient (Wildman–Crippen LogP) is 1.28. The average Bonchev–Trinajstić information content (AvgIpc) is 2.14. The summed E-state index contributed by atoms with van der Waals surface area (Å²) in [5.74, 6) is -0.320. The lowest BCUT2D eigenvalue weighted by Crippen LogP contribution is -2.41. The standard InChI is InChI=1S/C12H25NO3/c1-6-13(9-12(4,5)15)8-10(3)11(14)16-7-2/h10,15H,6-9H2,1-5H3. The summed E-state index contributed by atoms with van der Waals surface area (Å²) in [5.41, 5.74) is -0.732. The fourth-order valence-corrected chi connectivity index (χ4v) is 1.60. The molecule has 0 aliphatic heterocycles. The van der Waals surface area contributed by atoms with Crippen LogP contribution in [0.3, 0.4) is 0 Å². The molecule has 0 aromatic rings. The van der Waals surface area contributed by atoms with Crippen molar-refractivity contribution in [2.75, 3.05) is 26.2 Å². The molecule has 1 N–H and O–H groups in total. The maximum Gasteiger partial charge on any atom is 0.309 e. The number of esters is 1. The zero-order chi connectivity index (χ0) is 12.8. The average molecular weight is 231 g/mol. The number of likely N-dealkylation sites (N-methyl/N-ethyl adjacent to an activating group) is 1. The first-order valence-electron chi connectivity index (χ1n) is 5.91. The van der Waals surface area contributed by atoms with Crippen LogP contribution < -0.4 is 0 Å². The molecule has 0 heterocycles. The van der Waals surface area contributed by atoms with Gasteiger partial charge in [0.2, 0.25) is 0 Å². The van der Waals surface area contributed by atoms with Gasteiger partial charge in [0, 0.05) is 13.1 Å². The highest BCUT2D eigenvalue weighted by atomic mass is 16.5. The van der Waals surface area contributed by atoms with Gasteiger partial charge in [-0.05, 0) is 27.3 Å². The highest BCUT2D eigenvalue weighted by Gasteiger charge is 2.22. The second-order valence-electron chi connectivity index (χ2n) is 4.79. The molecular weight excluding hydrogens is 206 g/mol. The fourth-order valence-electron chi connectivity index (χ4n) is 1.60. The monoisotopic (exact) mass is 231 g/mol. The van der Waals surface area contributed by atoms with Gasteiger partial charge in [-0.15, -0.1) is 0 Å². The summed E-state index contributed by atoms with van der Waals surface area (Å²) >= 11 is 0. The van der Waals surface area contributed by atoms with E-state index in [1.807, 2.05) is 13.8 Å². The summed E-state index contributed by atoms with van der Waals surface area (Å²) in [5, 5.41) is 9.72. The molecule has 0 aromatic heterocycles. The third-order valence-electron chi connectivity index (χ3n) is 2.28. The number of carbonyl (C=O) groups excluding carboxylic acids is 1. The molecule has 0 saturated heterocycles. The van der Waals surface area contributed by atoms with E-state index in [9.17, 15) is 9.90 Å². The van der Waals surface area contributed by atoms with Gasteiger partial charge in [0.1, 0.15) is 0 Å². The number of aliphatic hydroxyl groups is 1. The molecule has 0 radical (unpaired) electrons. The minimum Gasteiger partial charge on any atom is -0.466 e. The van der Waals surface area contributed by atoms with Crippen molar-refractivity contribution >= 4 is 5.97 Å². The Bertz CT molecular complexity index is 211. The lowest BCUT2D eigenvalue weighted by Gasteiger charge is -2.29. The molecule has 96 valence electrons. The van der Waals surface area contributed by atoms with Crippen molar-refractivity contribution in [1.82, 2.24) is 4.90 Å². The molecule has 0 rings (SSSR count). The number of ether oxygens (including phenoxy) is 1. The van der Waals surface area contributed by atoms with E-state index in [1.54, 1.807) is 20.8 Å². The van der Waals surface area contributed by atoms with Gasteiger partial charge in [-0.25, -0.2) is 0 Å². The molecule has 16 heavy (non-hydrogen) atoms. The summed E-state index contributed by atoms with van der Waals surface area (Å²) in [6.07, 6.45) is 0. The SMILES string of the molecule is CCOC(=O)C(C)CN(CC)CC(C)(C)O. The normalized spacial score (nSPS) is 13.9. The summed E-state index contributed by atoms with van der Waals surface area (Å²) < 4.78 is 4.95.